The predicted octanol–water partition coefficient (Wildman–Crippen LogP) is 3.91. The van der Waals surface area contributed by atoms with Crippen LogP contribution in [-0.2, 0) is 0 Å². The third-order valence-corrected chi connectivity index (χ3v) is 4.74. The molecule has 1 unspecified atom stereocenters. The van der Waals surface area contributed by atoms with Crippen molar-refractivity contribution in [3.05, 3.63) is 53.2 Å². The van der Waals surface area contributed by atoms with E-state index in [4.69, 9.17) is 4.52 Å². The molecule has 1 heterocycles. The van der Waals surface area contributed by atoms with Crippen molar-refractivity contribution in [2.75, 3.05) is 7.05 Å². The molecule has 2 aromatic rings. The highest BCUT2D eigenvalue weighted by Crippen LogP contribution is 2.45. The molecule has 120 valence electrons. The van der Waals surface area contributed by atoms with Crippen molar-refractivity contribution in [1.29, 1.82) is 0 Å². The van der Waals surface area contributed by atoms with Gasteiger partial charge in [-0.15, -0.1) is 0 Å². The quantitative estimate of drug-likeness (QED) is 0.840. The van der Waals surface area contributed by atoms with Gasteiger partial charge in [0.2, 0.25) is 0 Å². The number of carbonyl (C=O) groups is 1. The van der Waals surface area contributed by atoms with Crippen LogP contribution in [0.3, 0.4) is 0 Å². The molecule has 0 spiro atoms. The van der Waals surface area contributed by atoms with Crippen LogP contribution in [0.5, 0.6) is 0 Å². The molecule has 2 fully saturated rings. The maximum Gasteiger partial charge on any atom is 0.276 e. The van der Waals surface area contributed by atoms with Gasteiger partial charge in [0, 0.05) is 19.0 Å². The monoisotopic (exact) mass is 314 g/mol. The standard InChI is InChI=1S/C18H19FN2O2/c1-21(18(22)15-10-16(23-20-15)11-2-3-11)17(12-4-5-12)13-6-8-14(19)9-7-13/h6-12,17H,2-5H2,1H3. The average molecular weight is 314 g/mol. The maximum absolute atomic E-state index is 13.2. The molecule has 4 rings (SSSR count). The fourth-order valence-corrected chi connectivity index (χ4v) is 3.14. The predicted molar refractivity (Wildman–Crippen MR) is 82.4 cm³/mol. The summed E-state index contributed by atoms with van der Waals surface area (Å²) in [6.07, 6.45) is 4.40. The van der Waals surface area contributed by atoms with E-state index in [9.17, 15) is 9.18 Å². The van der Waals surface area contributed by atoms with Gasteiger partial charge >= 0.3 is 0 Å². The molecule has 4 nitrogen and oxygen atoms in total. The molecule has 0 radical (unpaired) electrons. The van der Waals surface area contributed by atoms with E-state index in [2.05, 4.69) is 5.16 Å². The van der Waals surface area contributed by atoms with Gasteiger partial charge in [-0.05, 0) is 49.3 Å². The fraction of sp³-hybridized carbons (Fsp3) is 0.444. The lowest BCUT2D eigenvalue weighted by Gasteiger charge is -2.28. The topological polar surface area (TPSA) is 46.3 Å². The maximum atomic E-state index is 13.2. The summed E-state index contributed by atoms with van der Waals surface area (Å²) in [4.78, 5) is 14.5. The van der Waals surface area contributed by atoms with Gasteiger partial charge in [-0.2, -0.15) is 0 Å². The molecule has 0 aliphatic heterocycles. The van der Waals surface area contributed by atoms with Crippen LogP contribution in [0, 0.1) is 11.7 Å². The first-order chi connectivity index (χ1) is 11.1. The lowest BCUT2D eigenvalue weighted by Crippen LogP contribution is -2.32. The highest BCUT2D eigenvalue weighted by molar-refractivity contribution is 5.92. The molecule has 0 N–H and O–H groups in total. The second kappa shape index (κ2) is 5.48. The minimum Gasteiger partial charge on any atom is -0.360 e. The fourth-order valence-electron chi connectivity index (χ4n) is 3.14. The number of halogens is 1. The molecule has 0 saturated heterocycles. The van der Waals surface area contributed by atoms with Crippen molar-refractivity contribution < 1.29 is 13.7 Å². The Hall–Kier alpha value is -2.17. The van der Waals surface area contributed by atoms with Crippen LogP contribution in [0.15, 0.2) is 34.9 Å². The highest BCUT2D eigenvalue weighted by atomic mass is 19.1. The molecule has 1 amide bonds. The van der Waals surface area contributed by atoms with Crippen molar-refractivity contribution in [3.63, 3.8) is 0 Å². The van der Waals surface area contributed by atoms with Crippen LogP contribution < -0.4 is 0 Å². The van der Waals surface area contributed by atoms with Gasteiger partial charge in [0.25, 0.3) is 5.91 Å². The van der Waals surface area contributed by atoms with Gasteiger partial charge in [-0.1, -0.05) is 17.3 Å². The Balaban J connectivity index is 1.57. The summed E-state index contributed by atoms with van der Waals surface area (Å²) in [5.41, 5.74) is 1.33. The van der Waals surface area contributed by atoms with Crippen LogP contribution in [0.25, 0.3) is 0 Å². The third-order valence-electron chi connectivity index (χ3n) is 4.74. The number of benzene rings is 1. The van der Waals surface area contributed by atoms with Gasteiger partial charge in [0.1, 0.15) is 11.6 Å². The van der Waals surface area contributed by atoms with Gasteiger partial charge in [0.15, 0.2) is 5.69 Å². The number of nitrogens with zero attached hydrogens (tertiary/aromatic N) is 2. The van der Waals surface area contributed by atoms with Crippen molar-refractivity contribution in [2.24, 2.45) is 5.92 Å². The Bertz CT molecular complexity index is 717. The van der Waals surface area contributed by atoms with Crippen molar-refractivity contribution in [3.8, 4) is 0 Å². The molecular weight excluding hydrogens is 295 g/mol. The molecule has 1 aromatic heterocycles. The molecule has 0 bridgehead atoms. The molecule has 5 heteroatoms. The van der Waals surface area contributed by atoms with Gasteiger partial charge in [-0.25, -0.2) is 4.39 Å². The summed E-state index contributed by atoms with van der Waals surface area (Å²) in [5.74, 6) is 1.28. The molecule has 1 atom stereocenters. The zero-order valence-corrected chi connectivity index (χ0v) is 13.0. The number of carbonyl (C=O) groups excluding carboxylic acids is 1. The van der Waals surface area contributed by atoms with Crippen molar-refractivity contribution >= 4 is 5.91 Å². The van der Waals surface area contributed by atoms with E-state index in [1.54, 1.807) is 30.1 Å². The van der Waals surface area contributed by atoms with Crippen LogP contribution in [-0.4, -0.2) is 23.0 Å². The SMILES string of the molecule is CN(C(=O)c1cc(C2CC2)on1)C(c1ccc(F)cc1)C1CC1. The molecule has 2 aliphatic rings. The van der Waals surface area contributed by atoms with Gasteiger partial charge in [-0.3, -0.25) is 4.79 Å². The zero-order valence-electron chi connectivity index (χ0n) is 13.0. The first-order valence-corrected chi connectivity index (χ1v) is 8.12. The second-order valence-electron chi connectivity index (χ2n) is 6.64. The van der Waals surface area contributed by atoms with E-state index in [0.717, 1.165) is 37.0 Å². The van der Waals surface area contributed by atoms with Crippen LogP contribution in [0.4, 0.5) is 4.39 Å². The van der Waals surface area contributed by atoms with E-state index in [-0.39, 0.29) is 17.8 Å². The largest absolute Gasteiger partial charge is 0.360 e. The molecular formula is C18H19FN2O2. The average Bonchev–Trinajstić information content (AvgIpc) is 3.49. The van der Waals surface area contributed by atoms with E-state index < -0.39 is 0 Å². The van der Waals surface area contributed by atoms with Crippen LogP contribution in [0.1, 0.15) is 59.5 Å². The first-order valence-electron chi connectivity index (χ1n) is 8.12. The van der Waals surface area contributed by atoms with Crippen LogP contribution in [0.2, 0.25) is 0 Å². The summed E-state index contributed by atoms with van der Waals surface area (Å²) >= 11 is 0. The number of hydrogen-bond acceptors (Lipinski definition) is 3. The smallest absolute Gasteiger partial charge is 0.276 e. The number of amides is 1. The Kier molecular flexibility index (Phi) is 3.43. The molecule has 2 aliphatic carbocycles. The Morgan fingerprint density at radius 3 is 2.57 bits per heavy atom. The minimum absolute atomic E-state index is 0.0378. The van der Waals surface area contributed by atoms with E-state index in [1.807, 2.05) is 0 Å². The summed E-state index contributed by atoms with van der Waals surface area (Å²) < 4.78 is 18.5. The number of rotatable bonds is 5. The lowest BCUT2D eigenvalue weighted by molar-refractivity contribution is 0.0700. The van der Waals surface area contributed by atoms with Crippen molar-refractivity contribution in [2.45, 2.75) is 37.6 Å². The number of aromatic nitrogens is 1. The van der Waals surface area contributed by atoms with Crippen molar-refractivity contribution in [1.82, 2.24) is 10.1 Å². The van der Waals surface area contributed by atoms with E-state index >= 15 is 0 Å². The third kappa shape index (κ3) is 2.87. The summed E-state index contributed by atoms with van der Waals surface area (Å²) in [7, 11) is 1.79. The molecule has 23 heavy (non-hydrogen) atoms. The Labute approximate surface area is 134 Å². The molecule has 1 aromatic carbocycles. The normalized spacial score (nSPS) is 18.7. The first kappa shape index (κ1) is 14.4. The molecule has 2 saturated carbocycles. The van der Waals surface area contributed by atoms with E-state index in [0.29, 0.717) is 17.5 Å². The van der Waals surface area contributed by atoms with Gasteiger partial charge in [0.05, 0.1) is 6.04 Å². The summed E-state index contributed by atoms with van der Waals surface area (Å²) in [5, 5.41) is 3.94. The summed E-state index contributed by atoms with van der Waals surface area (Å²) in [6.45, 7) is 0. The zero-order chi connectivity index (χ0) is 16.0. The highest BCUT2D eigenvalue weighted by Gasteiger charge is 2.38. The van der Waals surface area contributed by atoms with Crippen LogP contribution >= 0.6 is 0 Å². The van der Waals surface area contributed by atoms with Gasteiger partial charge < -0.3 is 9.42 Å². The van der Waals surface area contributed by atoms with E-state index in [1.165, 1.54) is 12.1 Å². The number of hydrogen-bond donors (Lipinski definition) is 0. The second-order valence-corrected chi connectivity index (χ2v) is 6.64. The Morgan fingerprint density at radius 1 is 1.26 bits per heavy atom. The summed E-state index contributed by atoms with van der Waals surface area (Å²) in [6, 6.07) is 8.16. The Morgan fingerprint density at radius 2 is 1.96 bits per heavy atom. The minimum atomic E-state index is -0.261. The lowest BCUT2D eigenvalue weighted by atomic mass is 10.0.